The second-order valence-electron chi connectivity index (χ2n) is 5.52. The lowest BCUT2D eigenvalue weighted by atomic mass is 10.0. The van der Waals surface area contributed by atoms with Gasteiger partial charge in [0.15, 0.2) is 17.5 Å². The first kappa shape index (κ1) is 16.2. The molecule has 3 rings (SSSR count). The zero-order valence-electron chi connectivity index (χ0n) is 13.3. The van der Waals surface area contributed by atoms with Crippen LogP contribution < -0.4 is 0 Å². The van der Waals surface area contributed by atoms with Crippen LogP contribution in [-0.4, -0.2) is 9.97 Å². The molecule has 0 saturated carbocycles. The number of aryl methyl sites for hydroxylation is 2. The smallest absolute Gasteiger partial charge is 0.170 e. The van der Waals surface area contributed by atoms with Crippen molar-refractivity contribution in [2.24, 2.45) is 0 Å². The van der Waals surface area contributed by atoms with Gasteiger partial charge in [-0.3, -0.25) is 0 Å². The van der Waals surface area contributed by atoms with Gasteiger partial charge in [-0.05, 0) is 36.6 Å². The number of nitrogens with zero attached hydrogens (tertiary/aromatic N) is 2. The van der Waals surface area contributed by atoms with Crippen LogP contribution >= 0.6 is 0 Å². The van der Waals surface area contributed by atoms with E-state index in [4.69, 9.17) is 0 Å². The Kier molecular flexibility index (Phi) is 4.34. The van der Waals surface area contributed by atoms with Gasteiger partial charge in [0.25, 0.3) is 0 Å². The summed E-state index contributed by atoms with van der Waals surface area (Å²) in [6.45, 7) is 3.43. The molecule has 24 heavy (non-hydrogen) atoms. The highest BCUT2D eigenvalue weighted by molar-refractivity contribution is 5.65. The van der Waals surface area contributed by atoms with Crippen molar-refractivity contribution in [3.8, 4) is 22.5 Å². The lowest BCUT2D eigenvalue weighted by Gasteiger charge is -2.07. The van der Waals surface area contributed by atoms with Gasteiger partial charge in [-0.25, -0.2) is 23.1 Å². The second kappa shape index (κ2) is 6.43. The van der Waals surface area contributed by atoms with Gasteiger partial charge >= 0.3 is 0 Å². The molecule has 1 aromatic heterocycles. The normalized spacial score (nSPS) is 10.9. The number of halogens is 3. The molecule has 0 radical (unpaired) electrons. The van der Waals surface area contributed by atoms with Gasteiger partial charge < -0.3 is 0 Å². The summed E-state index contributed by atoms with van der Waals surface area (Å²) in [5.41, 5.74) is 1.93. The van der Waals surface area contributed by atoms with Crippen molar-refractivity contribution >= 4 is 0 Å². The van der Waals surface area contributed by atoms with Crippen molar-refractivity contribution in [3.63, 3.8) is 0 Å². The number of hydrogen-bond donors (Lipinski definition) is 0. The van der Waals surface area contributed by atoms with Crippen molar-refractivity contribution in [1.29, 1.82) is 0 Å². The molecule has 2 nitrogen and oxygen atoms in total. The quantitative estimate of drug-likeness (QED) is 0.668. The molecule has 3 aromatic rings. The maximum Gasteiger partial charge on any atom is 0.170 e. The predicted octanol–water partition coefficient (Wildman–Crippen LogP) is 5.10. The molecule has 0 aliphatic heterocycles. The van der Waals surface area contributed by atoms with Gasteiger partial charge in [0.2, 0.25) is 0 Å². The minimum Gasteiger partial charge on any atom is -0.236 e. The Bertz CT molecular complexity index is 890. The molecule has 0 aliphatic carbocycles. The van der Waals surface area contributed by atoms with E-state index in [1.54, 1.807) is 6.07 Å². The molecule has 0 amide bonds. The van der Waals surface area contributed by atoms with Crippen LogP contribution in [0, 0.1) is 24.4 Å². The fraction of sp³-hybridized carbons (Fsp3) is 0.158. The van der Waals surface area contributed by atoms with Gasteiger partial charge in [0.05, 0.1) is 5.56 Å². The lowest BCUT2D eigenvalue weighted by Crippen LogP contribution is -1.97. The fourth-order valence-electron chi connectivity index (χ4n) is 2.44. The summed E-state index contributed by atoms with van der Waals surface area (Å²) in [5, 5.41) is 0. The molecular formula is C19H15F3N2. The molecule has 1 heterocycles. The zero-order valence-corrected chi connectivity index (χ0v) is 13.3. The summed E-state index contributed by atoms with van der Waals surface area (Å²) in [6, 6.07) is 7.87. The first-order valence-electron chi connectivity index (χ1n) is 7.57. The van der Waals surface area contributed by atoms with E-state index in [9.17, 15) is 13.2 Å². The third kappa shape index (κ3) is 2.89. The highest BCUT2D eigenvalue weighted by atomic mass is 19.2. The summed E-state index contributed by atoms with van der Waals surface area (Å²) in [7, 11) is 0. The number of rotatable bonds is 3. The summed E-state index contributed by atoms with van der Waals surface area (Å²) in [4.78, 5) is 8.11. The monoisotopic (exact) mass is 328 g/mol. The highest BCUT2D eigenvalue weighted by Gasteiger charge is 2.15. The topological polar surface area (TPSA) is 25.8 Å². The maximum absolute atomic E-state index is 14.1. The molecule has 0 fully saturated rings. The first-order chi connectivity index (χ1) is 11.5. The average molecular weight is 328 g/mol. The summed E-state index contributed by atoms with van der Waals surface area (Å²) in [5.74, 6) is -2.21. The molecule has 122 valence electrons. The van der Waals surface area contributed by atoms with Crippen molar-refractivity contribution in [3.05, 3.63) is 71.3 Å². The summed E-state index contributed by atoms with van der Waals surface area (Å²) in [6.07, 6.45) is 3.55. The maximum atomic E-state index is 14.1. The van der Waals surface area contributed by atoms with Crippen LogP contribution in [0.1, 0.15) is 18.1 Å². The molecular weight excluding hydrogens is 313 g/mol. The van der Waals surface area contributed by atoms with Crippen molar-refractivity contribution in [1.82, 2.24) is 9.97 Å². The Morgan fingerprint density at radius 2 is 1.54 bits per heavy atom. The Morgan fingerprint density at radius 1 is 0.875 bits per heavy atom. The Morgan fingerprint density at radius 3 is 2.17 bits per heavy atom. The molecule has 0 N–H and O–H groups in total. The van der Waals surface area contributed by atoms with Gasteiger partial charge in [0.1, 0.15) is 5.82 Å². The van der Waals surface area contributed by atoms with Crippen molar-refractivity contribution < 1.29 is 13.2 Å². The molecule has 0 atom stereocenters. The Hall–Kier alpha value is -2.69. The van der Waals surface area contributed by atoms with Crippen LogP contribution in [0.2, 0.25) is 0 Å². The van der Waals surface area contributed by atoms with E-state index >= 15 is 0 Å². The molecule has 2 aromatic carbocycles. The second-order valence-corrected chi connectivity index (χ2v) is 5.52. The number of hydrogen-bond acceptors (Lipinski definition) is 2. The van der Waals surface area contributed by atoms with Gasteiger partial charge in [-0.1, -0.05) is 25.1 Å². The standard InChI is InChI=1S/C19H15F3N2/c1-3-12-5-7-14(16(20)8-12)13-9-23-19(24-10-13)15-6-4-11(2)17(21)18(15)22/h4-10H,3H2,1-2H3. The predicted molar refractivity (Wildman–Crippen MR) is 86.9 cm³/mol. The lowest BCUT2D eigenvalue weighted by molar-refractivity contribution is 0.505. The molecule has 0 unspecified atom stereocenters. The molecule has 0 bridgehead atoms. The number of benzene rings is 2. The van der Waals surface area contributed by atoms with Crippen LogP contribution in [0.15, 0.2) is 42.7 Å². The number of aromatic nitrogens is 2. The highest BCUT2D eigenvalue weighted by Crippen LogP contribution is 2.26. The van der Waals surface area contributed by atoms with Crippen molar-refractivity contribution in [2.75, 3.05) is 0 Å². The first-order valence-corrected chi connectivity index (χ1v) is 7.57. The third-order valence-corrected chi connectivity index (χ3v) is 3.92. The van der Waals surface area contributed by atoms with Crippen LogP contribution in [0.4, 0.5) is 13.2 Å². The molecule has 0 saturated heterocycles. The minimum absolute atomic E-state index is 0.0218. The molecule has 0 aliphatic rings. The van der Waals surface area contributed by atoms with Gasteiger partial charge in [-0.15, -0.1) is 0 Å². The fourth-order valence-corrected chi connectivity index (χ4v) is 2.44. The van der Waals surface area contributed by atoms with E-state index in [0.717, 1.165) is 12.0 Å². The van der Waals surface area contributed by atoms with E-state index in [1.807, 2.05) is 13.0 Å². The third-order valence-electron chi connectivity index (χ3n) is 3.92. The van der Waals surface area contributed by atoms with Crippen LogP contribution in [0.5, 0.6) is 0 Å². The Balaban J connectivity index is 1.98. The summed E-state index contributed by atoms with van der Waals surface area (Å²) >= 11 is 0. The van der Waals surface area contributed by atoms with Crippen LogP contribution in [0.3, 0.4) is 0 Å². The van der Waals surface area contributed by atoms with Crippen LogP contribution in [-0.2, 0) is 6.42 Å². The van der Waals surface area contributed by atoms with E-state index in [0.29, 0.717) is 11.1 Å². The molecule has 0 spiro atoms. The van der Waals surface area contributed by atoms with E-state index in [2.05, 4.69) is 9.97 Å². The van der Waals surface area contributed by atoms with E-state index in [-0.39, 0.29) is 22.8 Å². The summed E-state index contributed by atoms with van der Waals surface area (Å²) < 4.78 is 41.8. The van der Waals surface area contributed by atoms with Crippen molar-refractivity contribution in [2.45, 2.75) is 20.3 Å². The average Bonchev–Trinajstić information content (AvgIpc) is 2.60. The SMILES string of the molecule is CCc1ccc(-c2cnc(-c3ccc(C)c(F)c3F)nc2)c(F)c1. The largest absolute Gasteiger partial charge is 0.236 e. The molecule has 5 heteroatoms. The van der Waals surface area contributed by atoms with Crippen LogP contribution in [0.25, 0.3) is 22.5 Å². The van der Waals surface area contributed by atoms with E-state index < -0.39 is 11.6 Å². The van der Waals surface area contributed by atoms with E-state index in [1.165, 1.54) is 37.5 Å². The van der Waals surface area contributed by atoms with Gasteiger partial charge in [0, 0.05) is 23.5 Å². The minimum atomic E-state index is -0.985. The Labute approximate surface area is 138 Å². The van der Waals surface area contributed by atoms with Gasteiger partial charge in [-0.2, -0.15) is 0 Å². The zero-order chi connectivity index (χ0) is 17.3.